The molecule has 1 atom stereocenters. The molecule has 28 heavy (non-hydrogen) atoms. The van der Waals surface area contributed by atoms with Crippen LogP contribution in [0.25, 0.3) is 0 Å². The number of carbonyl (C=O) groups is 1. The van der Waals surface area contributed by atoms with Crippen LogP contribution in [-0.2, 0) is 37.9 Å². The Labute approximate surface area is 165 Å². The van der Waals surface area contributed by atoms with Crippen molar-refractivity contribution in [3.8, 4) is 0 Å². The van der Waals surface area contributed by atoms with Gasteiger partial charge in [-0.25, -0.2) is 4.79 Å². The zero-order chi connectivity index (χ0) is 20.0. The molecule has 0 aliphatic carbocycles. The fourth-order valence-corrected chi connectivity index (χ4v) is 5.42. The van der Waals surface area contributed by atoms with Crippen LogP contribution in [-0.4, -0.2) is 30.0 Å². The van der Waals surface area contributed by atoms with E-state index in [1.807, 2.05) is 54.6 Å². The third kappa shape index (κ3) is 4.64. The van der Waals surface area contributed by atoms with Crippen LogP contribution >= 0.6 is 7.60 Å². The number of rotatable bonds is 7. The van der Waals surface area contributed by atoms with Gasteiger partial charge in [-0.1, -0.05) is 54.6 Å². The average molecular weight is 403 g/mol. The van der Waals surface area contributed by atoms with Crippen molar-refractivity contribution in [1.29, 1.82) is 0 Å². The molecule has 0 aromatic heterocycles. The standard InChI is InChI=1S/C21H26NO5P/c1-3-26-28(24,27-4-2)20-14-18-12-8-9-13-19(18)15-22(20)21(23)25-16-17-10-6-5-7-11-17/h5-13,20H,3-4,14-16H2,1-2H3. The van der Waals surface area contributed by atoms with Crippen molar-refractivity contribution in [2.75, 3.05) is 13.2 Å². The minimum Gasteiger partial charge on any atom is -0.445 e. The van der Waals surface area contributed by atoms with E-state index in [0.29, 0.717) is 13.0 Å². The van der Waals surface area contributed by atoms with E-state index in [4.69, 9.17) is 13.8 Å². The molecule has 1 unspecified atom stereocenters. The van der Waals surface area contributed by atoms with Gasteiger partial charge in [0.25, 0.3) is 0 Å². The first-order chi connectivity index (χ1) is 13.6. The number of ether oxygens (including phenoxy) is 1. The van der Waals surface area contributed by atoms with Gasteiger partial charge in [0.15, 0.2) is 0 Å². The van der Waals surface area contributed by atoms with E-state index in [9.17, 15) is 9.36 Å². The van der Waals surface area contributed by atoms with E-state index in [2.05, 4.69) is 0 Å². The lowest BCUT2D eigenvalue weighted by atomic mass is 10.00. The third-order valence-electron chi connectivity index (χ3n) is 4.64. The highest BCUT2D eigenvalue weighted by Gasteiger charge is 2.45. The van der Waals surface area contributed by atoms with Gasteiger partial charge in [0.2, 0.25) is 0 Å². The first kappa shape index (κ1) is 20.6. The van der Waals surface area contributed by atoms with E-state index in [-0.39, 0.29) is 19.8 Å². The van der Waals surface area contributed by atoms with E-state index in [1.165, 1.54) is 4.90 Å². The molecular formula is C21H26NO5P. The molecule has 1 aliphatic rings. The molecule has 0 spiro atoms. The Hall–Kier alpha value is -2.14. The summed E-state index contributed by atoms with van der Waals surface area (Å²) in [7, 11) is -3.53. The Kier molecular flexibility index (Phi) is 6.89. The number of benzene rings is 2. The summed E-state index contributed by atoms with van der Waals surface area (Å²) in [5.74, 6) is -0.717. The molecule has 1 amide bonds. The molecule has 0 saturated carbocycles. The highest BCUT2D eigenvalue weighted by Crippen LogP contribution is 2.56. The monoisotopic (exact) mass is 403 g/mol. The van der Waals surface area contributed by atoms with Crippen molar-refractivity contribution in [2.24, 2.45) is 0 Å². The normalized spacial score (nSPS) is 16.5. The SMILES string of the molecule is CCOP(=O)(OCC)C1Cc2ccccc2CN1C(=O)OCc1ccccc1. The fraction of sp³-hybridized carbons (Fsp3) is 0.381. The summed E-state index contributed by atoms with van der Waals surface area (Å²) in [5.41, 5.74) is 2.94. The predicted molar refractivity (Wildman–Crippen MR) is 107 cm³/mol. The molecule has 0 bridgehead atoms. The van der Waals surface area contributed by atoms with Crippen molar-refractivity contribution in [1.82, 2.24) is 4.90 Å². The van der Waals surface area contributed by atoms with E-state index < -0.39 is 19.5 Å². The maximum absolute atomic E-state index is 13.5. The Bertz CT molecular complexity index is 832. The molecule has 1 aliphatic heterocycles. The smallest absolute Gasteiger partial charge is 0.411 e. The summed E-state index contributed by atoms with van der Waals surface area (Å²) >= 11 is 0. The zero-order valence-electron chi connectivity index (χ0n) is 16.2. The van der Waals surface area contributed by atoms with Gasteiger partial charge >= 0.3 is 13.7 Å². The summed E-state index contributed by atoms with van der Waals surface area (Å²) in [4.78, 5) is 14.4. The minimum atomic E-state index is -3.53. The highest BCUT2D eigenvalue weighted by atomic mass is 31.2. The molecule has 0 radical (unpaired) electrons. The van der Waals surface area contributed by atoms with Crippen molar-refractivity contribution in [2.45, 2.75) is 39.2 Å². The molecule has 0 fully saturated rings. The van der Waals surface area contributed by atoms with Gasteiger partial charge in [0.1, 0.15) is 12.4 Å². The number of fused-ring (bicyclic) bond motifs is 1. The van der Waals surface area contributed by atoms with Crippen molar-refractivity contribution in [3.05, 3.63) is 71.3 Å². The second-order valence-electron chi connectivity index (χ2n) is 6.50. The summed E-state index contributed by atoms with van der Waals surface area (Å²) in [6, 6.07) is 17.3. The van der Waals surface area contributed by atoms with Gasteiger partial charge in [0, 0.05) is 6.42 Å². The zero-order valence-corrected chi connectivity index (χ0v) is 17.1. The summed E-state index contributed by atoms with van der Waals surface area (Å²) in [6.07, 6.45) is -0.128. The summed E-state index contributed by atoms with van der Waals surface area (Å²) in [6.45, 7) is 4.46. The quantitative estimate of drug-likeness (QED) is 0.611. The Balaban J connectivity index is 1.85. The summed E-state index contributed by atoms with van der Waals surface area (Å²) < 4.78 is 30.1. The van der Waals surface area contributed by atoms with Gasteiger partial charge < -0.3 is 13.8 Å². The number of hydrogen-bond donors (Lipinski definition) is 0. The van der Waals surface area contributed by atoms with E-state index in [1.54, 1.807) is 13.8 Å². The Morgan fingerprint density at radius 2 is 1.61 bits per heavy atom. The van der Waals surface area contributed by atoms with Gasteiger partial charge in [-0.2, -0.15) is 0 Å². The van der Waals surface area contributed by atoms with Gasteiger partial charge in [-0.05, 0) is 30.5 Å². The number of amides is 1. The second kappa shape index (κ2) is 9.37. The fourth-order valence-electron chi connectivity index (χ4n) is 3.35. The third-order valence-corrected chi connectivity index (χ3v) is 7.07. The lowest BCUT2D eigenvalue weighted by molar-refractivity contribution is 0.0768. The lowest BCUT2D eigenvalue weighted by Gasteiger charge is -2.38. The van der Waals surface area contributed by atoms with E-state index >= 15 is 0 Å². The van der Waals surface area contributed by atoms with Crippen LogP contribution in [0, 0.1) is 0 Å². The molecule has 0 saturated heterocycles. The second-order valence-corrected chi connectivity index (χ2v) is 8.69. The average Bonchev–Trinajstić information content (AvgIpc) is 2.72. The number of nitrogens with zero attached hydrogens (tertiary/aromatic N) is 1. The molecule has 6 nitrogen and oxygen atoms in total. The van der Waals surface area contributed by atoms with Crippen molar-refractivity contribution >= 4 is 13.7 Å². The first-order valence-electron chi connectivity index (χ1n) is 9.50. The molecule has 2 aromatic carbocycles. The predicted octanol–water partition coefficient (Wildman–Crippen LogP) is 4.97. The molecule has 0 N–H and O–H groups in total. The van der Waals surface area contributed by atoms with Crippen molar-refractivity contribution in [3.63, 3.8) is 0 Å². The molecule has 3 rings (SSSR count). The van der Waals surface area contributed by atoms with Gasteiger partial charge in [-0.15, -0.1) is 0 Å². The highest BCUT2D eigenvalue weighted by molar-refractivity contribution is 7.54. The van der Waals surface area contributed by atoms with Gasteiger partial charge in [0.05, 0.1) is 19.8 Å². The Morgan fingerprint density at radius 1 is 1.00 bits per heavy atom. The van der Waals surface area contributed by atoms with E-state index in [0.717, 1.165) is 16.7 Å². The molecule has 2 aromatic rings. The maximum Gasteiger partial charge on any atom is 0.411 e. The number of carbonyl (C=O) groups excluding carboxylic acids is 1. The molecule has 1 heterocycles. The van der Waals surface area contributed by atoms with Gasteiger partial charge in [-0.3, -0.25) is 9.46 Å². The van der Waals surface area contributed by atoms with Crippen LogP contribution in [0.15, 0.2) is 54.6 Å². The lowest BCUT2D eigenvalue weighted by Crippen LogP contribution is -2.45. The van der Waals surface area contributed by atoms with Crippen LogP contribution in [0.4, 0.5) is 4.79 Å². The topological polar surface area (TPSA) is 65.1 Å². The van der Waals surface area contributed by atoms with Crippen LogP contribution in [0.5, 0.6) is 0 Å². The first-order valence-corrected chi connectivity index (χ1v) is 11.1. The summed E-state index contributed by atoms with van der Waals surface area (Å²) in [5, 5.41) is 0. The molecule has 150 valence electrons. The number of hydrogen-bond acceptors (Lipinski definition) is 5. The maximum atomic E-state index is 13.5. The van der Waals surface area contributed by atoms with Crippen LogP contribution in [0.2, 0.25) is 0 Å². The van der Waals surface area contributed by atoms with Crippen LogP contribution in [0.1, 0.15) is 30.5 Å². The molecule has 7 heteroatoms. The largest absolute Gasteiger partial charge is 0.445 e. The van der Waals surface area contributed by atoms with Crippen LogP contribution in [0.3, 0.4) is 0 Å². The van der Waals surface area contributed by atoms with Crippen molar-refractivity contribution < 1.29 is 23.1 Å². The Morgan fingerprint density at radius 3 is 2.25 bits per heavy atom. The minimum absolute atomic E-state index is 0.151. The molecular weight excluding hydrogens is 377 g/mol. The van der Waals surface area contributed by atoms with Crippen LogP contribution < -0.4 is 0 Å².